The molecule has 4 heteroatoms. The number of benzene rings is 2. The molecular formula is C18H16N2O2. The van der Waals surface area contributed by atoms with E-state index < -0.39 is 0 Å². The molecule has 0 saturated carbocycles. The molecule has 0 unspecified atom stereocenters. The predicted molar refractivity (Wildman–Crippen MR) is 88.1 cm³/mol. The van der Waals surface area contributed by atoms with Gasteiger partial charge in [-0.1, -0.05) is 36.4 Å². The van der Waals surface area contributed by atoms with Crippen molar-refractivity contribution in [2.75, 3.05) is 5.73 Å². The Morgan fingerprint density at radius 2 is 1.82 bits per heavy atom. The molecule has 1 heterocycles. The molecule has 2 N–H and O–H groups in total. The van der Waals surface area contributed by atoms with Crippen LogP contribution in [0.3, 0.4) is 0 Å². The summed E-state index contributed by atoms with van der Waals surface area (Å²) in [6.45, 7) is 1.71. The van der Waals surface area contributed by atoms with Crippen LogP contribution < -0.4 is 11.3 Å². The summed E-state index contributed by atoms with van der Waals surface area (Å²) >= 11 is 0. The van der Waals surface area contributed by atoms with Gasteiger partial charge in [-0.25, -0.2) is 4.57 Å². The number of nitrogens with two attached hydrogens (primary N) is 1. The average Bonchev–Trinajstić information content (AvgIpc) is 2.50. The summed E-state index contributed by atoms with van der Waals surface area (Å²) < 4.78 is 1.23. The minimum Gasteiger partial charge on any atom is -0.399 e. The molecule has 1 aromatic heterocycles. The molecule has 0 amide bonds. The Morgan fingerprint density at radius 3 is 2.55 bits per heavy atom. The van der Waals surface area contributed by atoms with Crippen LogP contribution >= 0.6 is 0 Å². The van der Waals surface area contributed by atoms with Crippen LogP contribution in [0.1, 0.15) is 15.9 Å². The van der Waals surface area contributed by atoms with E-state index in [1.807, 2.05) is 36.4 Å². The number of carbonyl (C=O) groups is 1. The van der Waals surface area contributed by atoms with E-state index in [1.54, 1.807) is 25.1 Å². The van der Waals surface area contributed by atoms with Crippen molar-refractivity contribution in [3.63, 3.8) is 0 Å². The number of nitrogens with zero attached hydrogens (tertiary/aromatic N) is 1. The molecule has 22 heavy (non-hydrogen) atoms. The van der Waals surface area contributed by atoms with Crippen LogP contribution in [0.25, 0.3) is 10.9 Å². The van der Waals surface area contributed by atoms with E-state index in [1.165, 1.54) is 4.57 Å². The van der Waals surface area contributed by atoms with Gasteiger partial charge in [0.1, 0.15) is 0 Å². The Hall–Kier alpha value is -2.88. The van der Waals surface area contributed by atoms with E-state index in [4.69, 9.17) is 5.73 Å². The first kappa shape index (κ1) is 14.1. The third-order valence-corrected chi connectivity index (χ3v) is 3.66. The highest BCUT2D eigenvalue weighted by Gasteiger charge is 2.14. The van der Waals surface area contributed by atoms with Crippen molar-refractivity contribution in [1.82, 2.24) is 4.57 Å². The second kappa shape index (κ2) is 5.48. The molecule has 0 atom stereocenters. The van der Waals surface area contributed by atoms with Crippen molar-refractivity contribution in [1.29, 1.82) is 0 Å². The lowest BCUT2D eigenvalue weighted by molar-refractivity contribution is 0.0915. The van der Waals surface area contributed by atoms with Gasteiger partial charge in [0.15, 0.2) is 0 Å². The van der Waals surface area contributed by atoms with Crippen LogP contribution in [-0.2, 0) is 6.42 Å². The molecule has 0 aliphatic heterocycles. The third-order valence-electron chi connectivity index (χ3n) is 3.66. The second-order valence-corrected chi connectivity index (χ2v) is 5.34. The number of aryl methyl sites for hydroxylation is 1. The molecular weight excluding hydrogens is 276 g/mol. The average molecular weight is 292 g/mol. The molecule has 110 valence electrons. The fraction of sp³-hybridized carbons (Fsp3) is 0.111. The summed E-state index contributed by atoms with van der Waals surface area (Å²) in [6, 6.07) is 16.4. The lowest BCUT2D eigenvalue weighted by Crippen LogP contribution is -2.29. The SMILES string of the molecule is Cc1cc2ccc(N)cc2n(C(=O)Cc2ccccc2)c1=O. The standard InChI is InChI=1S/C18H16N2O2/c1-12-9-14-7-8-15(19)11-16(14)20(18(12)22)17(21)10-13-5-3-2-4-6-13/h2-9,11H,10,19H2,1H3. The highest BCUT2D eigenvalue weighted by molar-refractivity contribution is 5.93. The van der Waals surface area contributed by atoms with Gasteiger partial charge in [0.2, 0.25) is 5.91 Å². The summed E-state index contributed by atoms with van der Waals surface area (Å²) in [4.78, 5) is 25.1. The number of hydrogen-bond donors (Lipinski definition) is 1. The fourth-order valence-corrected chi connectivity index (χ4v) is 2.55. The Balaban J connectivity index is 2.16. The van der Waals surface area contributed by atoms with Crippen LogP contribution in [0, 0.1) is 6.92 Å². The lowest BCUT2D eigenvalue weighted by atomic mass is 10.1. The highest BCUT2D eigenvalue weighted by atomic mass is 16.2. The maximum atomic E-state index is 12.6. The molecule has 0 aliphatic carbocycles. The summed E-state index contributed by atoms with van der Waals surface area (Å²) in [7, 11) is 0. The molecule has 0 aliphatic rings. The number of fused-ring (bicyclic) bond motifs is 1. The van der Waals surface area contributed by atoms with E-state index in [0.29, 0.717) is 16.8 Å². The molecule has 0 spiro atoms. The summed E-state index contributed by atoms with van der Waals surface area (Å²) in [6.07, 6.45) is 0.175. The Bertz CT molecular complexity index is 912. The maximum Gasteiger partial charge on any atom is 0.260 e. The minimum atomic E-state index is -0.293. The quantitative estimate of drug-likeness (QED) is 0.739. The van der Waals surface area contributed by atoms with Crippen LogP contribution in [0.5, 0.6) is 0 Å². The molecule has 0 bridgehead atoms. The molecule has 4 nitrogen and oxygen atoms in total. The number of anilines is 1. The van der Waals surface area contributed by atoms with Gasteiger partial charge in [-0.15, -0.1) is 0 Å². The smallest absolute Gasteiger partial charge is 0.260 e. The van der Waals surface area contributed by atoms with E-state index in [9.17, 15) is 9.59 Å². The van der Waals surface area contributed by atoms with Crippen LogP contribution in [-0.4, -0.2) is 10.5 Å². The van der Waals surface area contributed by atoms with E-state index in [-0.39, 0.29) is 17.9 Å². The second-order valence-electron chi connectivity index (χ2n) is 5.34. The van der Waals surface area contributed by atoms with E-state index >= 15 is 0 Å². The Kier molecular flexibility index (Phi) is 3.51. The van der Waals surface area contributed by atoms with E-state index in [0.717, 1.165) is 10.9 Å². The highest BCUT2D eigenvalue weighted by Crippen LogP contribution is 2.17. The zero-order valence-electron chi connectivity index (χ0n) is 12.2. The summed E-state index contributed by atoms with van der Waals surface area (Å²) in [5.74, 6) is -0.254. The topological polar surface area (TPSA) is 65.1 Å². The third kappa shape index (κ3) is 2.51. The van der Waals surface area contributed by atoms with Gasteiger partial charge in [0.05, 0.1) is 11.9 Å². The van der Waals surface area contributed by atoms with Crippen molar-refractivity contribution in [2.24, 2.45) is 0 Å². The summed E-state index contributed by atoms with van der Waals surface area (Å²) in [5, 5.41) is 0.827. The predicted octanol–water partition coefficient (Wildman–Crippen LogP) is 2.78. The van der Waals surface area contributed by atoms with Gasteiger partial charge in [0, 0.05) is 11.3 Å². The molecule has 2 aromatic carbocycles. The molecule has 0 fully saturated rings. The first-order valence-electron chi connectivity index (χ1n) is 7.05. The van der Waals surface area contributed by atoms with Gasteiger partial charge >= 0.3 is 0 Å². The first-order valence-corrected chi connectivity index (χ1v) is 7.05. The monoisotopic (exact) mass is 292 g/mol. The zero-order chi connectivity index (χ0) is 15.7. The molecule has 0 saturated heterocycles. The zero-order valence-corrected chi connectivity index (χ0v) is 12.2. The van der Waals surface area contributed by atoms with Crippen LogP contribution in [0.2, 0.25) is 0 Å². The largest absolute Gasteiger partial charge is 0.399 e. The van der Waals surface area contributed by atoms with Crippen molar-refractivity contribution >= 4 is 22.5 Å². The van der Waals surface area contributed by atoms with Gasteiger partial charge in [-0.3, -0.25) is 9.59 Å². The number of rotatable bonds is 2. The number of pyridine rings is 1. The van der Waals surface area contributed by atoms with Gasteiger partial charge < -0.3 is 5.73 Å². The van der Waals surface area contributed by atoms with Crippen molar-refractivity contribution in [2.45, 2.75) is 13.3 Å². The normalized spacial score (nSPS) is 10.8. The number of hydrogen-bond acceptors (Lipinski definition) is 3. The Labute approximate surface area is 127 Å². The lowest BCUT2D eigenvalue weighted by Gasteiger charge is -2.11. The molecule has 3 rings (SSSR count). The number of aromatic nitrogens is 1. The van der Waals surface area contributed by atoms with Crippen molar-refractivity contribution in [3.05, 3.63) is 76.1 Å². The fourth-order valence-electron chi connectivity index (χ4n) is 2.55. The van der Waals surface area contributed by atoms with Gasteiger partial charge in [-0.2, -0.15) is 0 Å². The van der Waals surface area contributed by atoms with E-state index in [2.05, 4.69) is 0 Å². The summed E-state index contributed by atoms with van der Waals surface area (Å²) in [5.41, 5.74) is 8.01. The van der Waals surface area contributed by atoms with Crippen LogP contribution in [0.4, 0.5) is 5.69 Å². The number of carbonyl (C=O) groups excluding carboxylic acids is 1. The van der Waals surface area contributed by atoms with Crippen molar-refractivity contribution in [3.8, 4) is 0 Å². The Morgan fingerprint density at radius 1 is 1.09 bits per heavy atom. The van der Waals surface area contributed by atoms with Crippen molar-refractivity contribution < 1.29 is 4.79 Å². The maximum absolute atomic E-state index is 12.6. The first-order chi connectivity index (χ1) is 10.6. The molecule has 0 radical (unpaired) electrons. The molecule has 3 aromatic rings. The van der Waals surface area contributed by atoms with Gasteiger partial charge in [-0.05, 0) is 36.1 Å². The minimum absolute atomic E-state index is 0.175. The van der Waals surface area contributed by atoms with Crippen LogP contribution in [0.15, 0.2) is 59.4 Å². The van der Waals surface area contributed by atoms with Gasteiger partial charge in [0.25, 0.3) is 5.56 Å². The number of nitrogen functional groups attached to an aromatic ring is 1.